The molecule has 0 amide bonds. The van der Waals surface area contributed by atoms with E-state index < -0.39 is 24.4 Å². The smallest absolute Gasteiger partial charge is 0.391 e. The van der Waals surface area contributed by atoms with E-state index in [-0.39, 0.29) is 0 Å². The Bertz CT molecular complexity index is 131. The van der Waals surface area contributed by atoms with Crippen LogP contribution in [-0.4, -0.2) is 17.3 Å². The molecule has 0 aromatic heterocycles. The van der Waals surface area contributed by atoms with Crippen LogP contribution in [0.15, 0.2) is 12.3 Å². The topological polar surface area (TPSA) is 46.2 Å². The molecule has 3 N–H and O–H groups in total. The lowest BCUT2D eigenvalue weighted by molar-refractivity contribution is -0.137. The van der Waals surface area contributed by atoms with Crippen molar-refractivity contribution in [3.8, 4) is 0 Å². The van der Waals surface area contributed by atoms with Crippen LogP contribution in [0.5, 0.6) is 0 Å². The maximum absolute atomic E-state index is 11.4. The molecule has 5 heteroatoms. The number of aliphatic hydroxyl groups excluding tert-OH is 1. The van der Waals surface area contributed by atoms with Crippen molar-refractivity contribution in [2.75, 3.05) is 0 Å². The van der Waals surface area contributed by atoms with Crippen LogP contribution in [0, 0.1) is 0 Å². The molecule has 60 valence electrons. The Morgan fingerprint density at radius 1 is 1.60 bits per heavy atom. The van der Waals surface area contributed by atoms with Gasteiger partial charge in [-0.1, -0.05) is 6.58 Å². The Balaban J connectivity index is 3.80. The van der Waals surface area contributed by atoms with Crippen LogP contribution in [-0.2, 0) is 0 Å². The highest BCUT2D eigenvalue weighted by Crippen LogP contribution is 2.22. The predicted molar refractivity (Wildman–Crippen MR) is 30.4 cm³/mol. The summed E-state index contributed by atoms with van der Waals surface area (Å²) < 4.78 is 34.3. The molecule has 1 atom stereocenters. The van der Waals surface area contributed by atoms with E-state index in [4.69, 9.17) is 10.8 Å². The fourth-order valence-corrected chi connectivity index (χ4v) is 0.367. The first-order valence-electron chi connectivity index (χ1n) is 2.53. The molecule has 0 rings (SSSR count). The van der Waals surface area contributed by atoms with Crippen LogP contribution >= 0.6 is 0 Å². The molecule has 0 radical (unpaired) electrons. The molecule has 0 saturated heterocycles. The van der Waals surface area contributed by atoms with Gasteiger partial charge in [-0.2, -0.15) is 13.2 Å². The van der Waals surface area contributed by atoms with Gasteiger partial charge in [0.2, 0.25) is 0 Å². The fraction of sp³-hybridized carbons (Fsp3) is 0.600. The third kappa shape index (κ3) is 4.20. The van der Waals surface area contributed by atoms with Crippen molar-refractivity contribution in [3.63, 3.8) is 0 Å². The number of alkyl halides is 3. The molecule has 0 saturated carbocycles. The van der Waals surface area contributed by atoms with Gasteiger partial charge in [-0.25, -0.2) is 0 Å². The Hall–Kier alpha value is -0.710. The summed E-state index contributed by atoms with van der Waals surface area (Å²) in [5, 5.41) is 8.36. The normalized spacial score (nSPS) is 14.8. The van der Waals surface area contributed by atoms with Gasteiger partial charge in [0.1, 0.15) is 5.76 Å². The molecule has 0 aliphatic carbocycles. The Morgan fingerprint density at radius 3 is 2.10 bits per heavy atom. The fourth-order valence-electron chi connectivity index (χ4n) is 0.367. The van der Waals surface area contributed by atoms with Gasteiger partial charge in [-0.05, 0) is 0 Å². The first kappa shape index (κ1) is 9.29. The van der Waals surface area contributed by atoms with Crippen LogP contribution in [0.2, 0.25) is 0 Å². The summed E-state index contributed by atoms with van der Waals surface area (Å²) in [6.45, 7) is 2.87. The largest absolute Gasteiger partial charge is 0.511 e. The predicted octanol–water partition coefficient (Wildman–Crippen LogP) is 1.34. The van der Waals surface area contributed by atoms with E-state index in [9.17, 15) is 13.2 Å². The van der Waals surface area contributed by atoms with Crippen molar-refractivity contribution in [1.29, 1.82) is 0 Å². The van der Waals surface area contributed by atoms with Crippen LogP contribution < -0.4 is 5.73 Å². The van der Waals surface area contributed by atoms with Crippen molar-refractivity contribution >= 4 is 0 Å². The highest BCUT2D eigenvalue weighted by Gasteiger charge is 2.31. The van der Waals surface area contributed by atoms with E-state index in [1.54, 1.807) is 0 Å². The Morgan fingerprint density at radius 2 is 2.00 bits per heavy atom. The monoisotopic (exact) mass is 155 g/mol. The van der Waals surface area contributed by atoms with Crippen molar-refractivity contribution in [2.24, 2.45) is 5.73 Å². The number of halogens is 3. The second-order valence-electron chi connectivity index (χ2n) is 1.92. The minimum Gasteiger partial charge on any atom is -0.511 e. The first-order valence-corrected chi connectivity index (χ1v) is 2.53. The van der Waals surface area contributed by atoms with Gasteiger partial charge in [0, 0.05) is 0 Å². The molecular weight excluding hydrogens is 147 g/mol. The molecular formula is C5H8F3NO. The molecule has 2 nitrogen and oxygen atoms in total. The van der Waals surface area contributed by atoms with Crippen molar-refractivity contribution in [2.45, 2.75) is 18.6 Å². The van der Waals surface area contributed by atoms with Crippen LogP contribution in [0.3, 0.4) is 0 Å². The Kier molecular flexibility index (Phi) is 2.71. The summed E-state index contributed by atoms with van der Waals surface area (Å²) in [5.74, 6) is -0.641. The molecule has 0 aromatic carbocycles. The van der Waals surface area contributed by atoms with E-state index in [0.717, 1.165) is 0 Å². The van der Waals surface area contributed by atoms with E-state index in [1.165, 1.54) is 0 Å². The lowest BCUT2D eigenvalue weighted by Crippen LogP contribution is -2.28. The zero-order valence-electron chi connectivity index (χ0n) is 5.15. The molecule has 1 unspecified atom stereocenters. The van der Waals surface area contributed by atoms with Gasteiger partial charge >= 0.3 is 6.18 Å². The number of aliphatic hydroxyl groups is 1. The van der Waals surface area contributed by atoms with Crippen LogP contribution in [0.1, 0.15) is 6.42 Å². The molecule has 0 spiro atoms. The van der Waals surface area contributed by atoms with Gasteiger partial charge in [-0.15, -0.1) is 0 Å². The highest BCUT2D eigenvalue weighted by atomic mass is 19.4. The zero-order chi connectivity index (χ0) is 8.36. The van der Waals surface area contributed by atoms with Gasteiger partial charge < -0.3 is 10.8 Å². The number of rotatable bonds is 2. The van der Waals surface area contributed by atoms with Gasteiger partial charge in [0.05, 0.1) is 12.5 Å². The summed E-state index contributed by atoms with van der Waals surface area (Å²) in [6.07, 6.45) is -5.58. The average molecular weight is 155 g/mol. The second kappa shape index (κ2) is 2.92. The van der Waals surface area contributed by atoms with Crippen LogP contribution in [0.4, 0.5) is 13.2 Å². The van der Waals surface area contributed by atoms with Gasteiger partial charge in [0.15, 0.2) is 0 Å². The summed E-state index contributed by atoms with van der Waals surface area (Å²) in [6, 6.07) is -1.40. The van der Waals surface area contributed by atoms with Gasteiger partial charge in [0.25, 0.3) is 0 Å². The third-order valence-electron chi connectivity index (χ3n) is 0.879. The van der Waals surface area contributed by atoms with Gasteiger partial charge in [-0.3, -0.25) is 0 Å². The number of nitrogens with two attached hydrogens (primary N) is 1. The SMILES string of the molecule is C=C(O)C(N)CC(F)(F)F. The highest BCUT2D eigenvalue weighted by molar-refractivity contribution is 4.93. The quantitative estimate of drug-likeness (QED) is 0.591. The summed E-state index contributed by atoms with van der Waals surface area (Å²) >= 11 is 0. The van der Waals surface area contributed by atoms with Crippen molar-refractivity contribution < 1.29 is 18.3 Å². The van der Waals surface area contributed by atoms with E-state index >= 15 is 0 Å². The first-order chi connectivity index (χ1) is 4.33. The molecule has 10 heavy (non-hydrogen) atoms. The summed E-state index contributed by atoms with van der Waals surface area (Å²) in [4.78, 5) is 0. The average Bonchev–Trinajstić information content (AvgIpc) is 1.60. The summed E-state index contributed by atoms with van der Waals surface area (Å²) in [5.41, 5.74) is 4.83. The maximum atomic E-state index is 11.4. The number of hydrogen-bond acceptors (Lipinski definition) is 2. The zero-order valence-corrected chi connectivity index (χ0v) is 5.15. The number of hydrogen-bond donors (Lipinski definition) is 2. The third-order valence-corrected chi connectivity index (χ3v) is 0.879. The van der Waals surface area contributed by atoms with Crippen LogP contribution in [0.25, 0.3) is 0 Å². The molecule has 0 aliphatic rings. The maximum Gasteiger partial charge on any atom is 0.391 e. The summed E-state index contributed by atoms with van der Waals surface area (Å²) in [7, 11) is 0. The minimum atomic E-state index is -4.34. The van der Waals surface area contributed by atoms with E-state index in [0.29, 0.717) is 0 Å². The van der Waals surface area contributed by atoms with E-state index in [1.807, 2.05) is 0 Å². The second-order valence-corrected chi connectivity index (χ2v) is 1.92. The molecule has 0 aromatic rings. The molecule has 0 fully saturated rings. The molecule has 0 bridgehead atoms. The van der Waals surface area contributed by atoms with Crippen molar-refractivity contribution in [1.82, 2.24) is 0 Å². The molecule has 0 heterocycles. The lowest BCUT2D eigenvalue weighted by Gasteiger charge is -2.11. The Labute approximate surface area is 56.1 Å². The minimum absolute atomic E-state index is 0.641. The lowest BCUT2D eigenvalue weighted by atomic mass is 10.2. The molecule has 0 aliphatic heterocycles. The van der Waals surface area contributed by atoms with Crippen molar-refractivity contribution in [3.05, 3.63) is 12.3 Å². The van der Waals surface area contributed by atoms with E-state index in [2.05, 4.69) is 6.58 Å². The standard InChI is InChI=1S/C5H8F3NO/c1-3(10)4(9)2-5(6,7)8/h4,10H,1-2,9H2.